The molecule has 0 spiro atoms. The van der Waals surface area contributed by atoms with Gasteiger partial charge in [0.25, 0.3) is 0 Å². The van der Waals surface area contributed by atoms with Crippen LogP contribution in [0.3, 0.4) is 0 Å². The molecule has 3 nitrogen and oxygen atoms in total. The number of aromatic nitrogens is 1. The molecule has 17 heavy (non-hydrogen) atoms. The first-order valence-corrected chi connectivity index (χ1v) is 5.87. The Morgan fingerprint density at radius 3 is 2.59 bits per heavy atom. The molecule has 0 aliphatic rings. The Kier molecular flexibility index (Phi) is 3.88. The highest BCUT2D eigenvalue weighted by molar-refractivity contribution is 9.10. The summed E-state index contributed by atoms with van der Waals surface area (Å²) in [5, 5.41) is 0. The van der Waals surface area contributed by atoms with Crippen LogP contribution in [0.1, 0.15) is 10.4 Å². The van der Waals surface area contributed by atoms with E-state index in [9.17, 15) is 4.79 Å². The van der Waals surface area contributed by atoms with Gasteiger partial charge in [0.05, 0.1) is 6.20 Å². The van der Waals surface area contributed by atoms with E-state index in [1.165, 1.54) is 0 Å². The maximum Gasteiger partial charge on any atom is 0.200 e. The molecule has 0 bridgehead atoms. The average Bonchev–Trinajstić information content (AvgIpc) is 2.39. The van der Waals surface area contributed by atoms with Gasteiger partial charge in [-0.25, -0.2) is 4.98 Å². The zero-order valence-electron chi connectivity index (χ0n) is 8.97. The molecule has 1 aromatic heterocycles. The zero-order chi connectivity index (χ0) is 12.1. The lowest BCUT2D eigenvalue weighted by Gasteiger charge is -2.04. The van der Waals surface area contributed by atoms with E-state index >= 15 is 0 Å². The molecule has 2 aromatic rings. The third kappa shape index (κ3) is 3.39. The van der Waals surface area contributed by atoms with Crippen molar-refractivity contribution in [2.24, 2.45) is 0 Å². The Morgan fingerprint density at radius 2 is 1.94 bits per heavy atom. The Balaban J connectivity index is 1.95. The highest BCUT2D eigenvalue weighted by atomic mass is 79.9. The number of ether oxygens (including phenoxy) is 1. The molecule has 4 heteroatoms. The van der Waals surface area contributed by atoms with Crippen molar-refractivity contribution >= 4 is 21.7 Å². The minimum absolute atomic E-state index is 0.0212. The smallest absolute Gasteiger partial charge is 0.200 e. The quantitative estimate of drug-likeness (QED) is 0.642. The van der Waals surface area contributed by atoms with Gasteiger partial charge in [0, 0.05) is 5.56 Å². The standard InChI is InChI=1S/C13H10BrNO2/c14-13-7-6-11(8-15-13)17-9-12(16)10-4-2-1-3-5-10/h1-8H,9H2. The molecule has 1 heterocycles. The van der Waals surface area contributed by atoms with Gasteiger partial charge in [0.15, 0.2) is 12.4 Å². The number of benzene rings is 1. The van der Waals surface area contributed by atoms with Crippen LogP contribution in [0, 0.1) is 0 Å². The number of nitrogens with zero attached hydrogens (tertiary/aromatic N) is 1. The van der Waals surface area contributed by atoms with Gasteiger partial charge in [-0.3, -0.25) is 4.79 Å². The van der Waals surface area contributed by atoms with Crippen LogP contribution < -0.4 is 4.74 Å². The van der Waals surface area contributed by atoms with Crippen molar-refractivity contribution < 1.29 is 9.53 Å². The summed E-state index contributed by atoms with van der Waals surface area (Å²) in [6.45, 7) is 0.0212. The molecule has 0 fully saturated rings. The second-order valence-corrected chi connectivity index (χ2v) is 4.21. The molecule has 0 aliphatic heterocycles. The summed E-state index contributed by atoms with van der Waals surface area (Å²) < 4.78 is 6.08. The molecular formula is C13H10BrNO2. The van der Waals surface area contributed by atoms with Crippen molar-refractivity contribution in [3.8, 4) is 5.75 Å². The number of carbonyl (C=O) groups is 1. The summed E-state index contributed by atoms with van der Waals surface area (Å²) in [7, 11) is 0. The fraction of sp³-hybridized carbons (Fsp3) is 0.0769. The molecule has 0 atom stereocenters. The van der Waals surface area contributed by atoms with E-state index in [1.54, 1.807) is 30.5 Å². The fourth-order valence-corrected chi connectivity index (χ4v) is 1.54. The monoisotopic (exact) mass is 291 g/mol. The van der Waals surface area contributed by atoms with Crippen LogP contribution in [0.2, 0.25) is 0 Å². The van der Waals surface area contributed by atoms with Gasteiger partial charge < -0.3 is 4.74 Å². The molecule has 0 radical (unpaired) electrons. The summed E-state index contributed by atoms with van der Waals surface area (Å²) in [6, 6.07) is 12.6. The number of rotatable bonds is 4. The molecule has 0 saturated carbocycles. The number of hydrogen-bond acceptors (Lipinski definition) is 3. The number of hydrogen-bond donors (Lipinski definition) is 0. The third-order valence-electron chi connectivity index (χ3n) is 2.17. The predicted octanol–water partition coefficient (Wildman–Crippen LogP) is 3.11. The Bertz CT molecular complexity index is 497. The summed E-state index contributed by atoms with van der Waals surface area (Å²) in [4.78, 5) is 15.7. The molecule has 0 aliphatic carbocycles. The van der Waals surface area contributed by atoms with E-state index in [0.717, 1.165) is 4.60 Å². The van der Waals surface area contributed by atoms with Gasteiger partial charge in [0.2, 0.25) is 0 Å². The lowest BCUT2D eigenvalue weighted by molar-refractivity contribution is 0.0921. The summed E-state index contributed by atoms with van der Waals surface area (Å²) >= 11 is 3.23. The predicted molar refractivity (Wildman–Crippen MR) is 68.2 cm³/mol. The first kappa shape index (κ1) is 11.8. The minimum atomic E-state index is -0.0477. The van der Waals surface area contributed by atoms with Gasteiger partial charge >= 0.3 is 0 Å². The molecule has 0 unspecified atom stereocenters. The molecular weight excluding hydrogens is 282 g/mol. The topological polar surface area (TPSA) is 39.2 Å². The van der Waals surface area contributed by atoms with Crippen molar-refractivity contribution in [1.29, 1.82) is 0 Å². The van der Waals surface area contributed by atoms with Gasteiger partial charge in [-0.2, -0.15) is 0 Å². The average molecular weight is 292 g/mol. The van der Waals surface area contributed by atoms with E-state index in [0.29, 0.717) is 11.3 Å². The van der Waals surface area contributed by atoms with Crippen LogP contribution in [0.4, 0.5) is 0 Å². The molecule has 86 valence electrons. The molecule has 0 N–H and O–H groups in total. The van der Waals surface area contributed by atoms with Crippen LogP contribution in [0.5, 0.6) is 5.75 Å². The van der Waals surface area contributed by atoms with E-state index in [1.807, 2.05) is 18.2 Å². The second kappa shape index (κ2) is 5.59. The van der Waals surface area contributed by atoms with Crippen molar-refractivity contribution in [2.75, 3.05) is 6.61 Å². The van der Waals surface area contributed by atoms with E-state index in [4.69, 9.17) is 4.74 Å². The fourth-order valence-electron chi connectivity index (χ4n) is 1.30. The summed E-state index contributed by atoms with van der Waals surface area (Å²) in [6.07, 6.45) is 1.57. The van der Waals surface area contributed by atoms with Crippen LogP contribution in [0.25, 0.3) is 0 Å². The van der Waals surface area contributed by atoms with Crippen LogP contribution in [0.15, 0.2) is 53.3 Å². The minimum Gasteiger partial charge on any atom is -0.484 e. The van der Waals surface area contributed by atoms with Gasteiger partial charge in [0.1, 0.15) is 10.4 Å². The van der Waals surface area contributed by atoms with Crippen molar-refractivity contribution in [1.82, 2.24) is 4.98 Å². The molecule has 2 rings (SSSR count). The first-order chi connectivity index (χ1) is 8.25. The summed E-state index contributed by atoms with van der Waals surface area (Å²) in [5.74, 6) is 0.533. The van der Waals surface area contributed by atoms with Crippen molar-refractivity contribution in [3.05, 3.63) is 58.8 Å². The van der Waals surface area contributed by atoms with E-state index < -0.39 is 0 Å². The van der Waals surface area contributed by atoms with Gasteiger partial charge in [-0.15, -0.1) is 0 Å². The molecule has 0 amide bonds. The van der Waals surface area contributed by atoms with Crippen molar-refractivity contribution in [2.45, 2.75) is 0 Å². The van der Waals surface area contributed by atoms with Crippen LogP contribution in [-0.2, 0) is 0 Å². The van der Waals surface area contributed by atoms with E-state index in [2.05, 4.69) is 20.9 Å². The SMILES string of the molecule is O=C(COc1ccc(Br)nc1)c1ccccc1. The Labute approximate surface area is 108 Å². The lowest BCUT2D eigenvalue weighted by Crippen LogP contribution is -2.11. The second-order valence-electron chi connectivity index (χ2n) is 3.39. The maximum absolute atomic E-state index is 11.7. The highest BCUT2D eigenvalue weighted by Gasteiger charge is 2.05. The number of ketones is 1. The highest BCUT2D eigenvalue weighted by Crippen LogP contribution is 2.13. The normalized spacial score (nSPS) is 9.94. The van der Waals surface area contributed by atoms with Gasteiger partial charge in [-0.1, -0.05) is 30.3 Å². The lowest BCUT2D eigenvalue weighted by atomic mass is 10.1. The van der Waals surface area contributed by atoms with Crippen LogP contribution >= 0.6 is 15.9 Å². The maximum atomic E-state index is 11.7. The number of halogens is 1. The van der Waals surface area contributed by atoms with Crippen LogP contribution in [-0.4, -0.2) is 17.4 Å². The van der Waals surface area contributed by atoms with Gasteiger partial charge in [-0.05, 0) is 28.1 Å². The number of carbonyl (C=O) groups excluding carboxylic acids is 1. The first-order valence-electron chi connectivity index (χ1n) is 5.08. The Morgan fingerprint density at radius 1 is 1.18 bits per heavy atom. The zero-order valence-corrected chi connectivity index (χ0v) is 10.6. The molecule has 0 saturated heterocycles. The number of Topliss-reactive ketones (excluding diaryl/α,β-unsaturated/α-hetero) is 1. The Hall–Kier alpha value is -1.68. The largest absolute Gasteiger partial charge is 0.484 e. The van der Waals surface area contributed by atoms with Crippen molar-refractivity contribution in [3.63, 3.8) is 0 Å². The molecule has 1 aromatic carbocycles. The third-order valence-corrected chi connectivity index (χ3v) is 2.64. The number of pyridine rings is 1. The van der Waals surface area contributed by atoms with E-state index in [-0.39, 0.29) is 12.4 Å². The summed E-state index contributed by atoms with van der Waals surface area (Å²) in [5.41, 5.74) is 0.651.